The number of para-hydroxylation sites is 1. The number of aromatic nitrogens is 1. The van der Waals surface area contributed by atoms with E-state index in [-0.39, 0.29) is 5.91 Å². The molecule has 0 aliphatic carbocycles. The van der Waals surface area contributed by atoms with Crippen LogP contribution in [0.15, 0.2) is 53.0 Å². The predicted octanol–water partition coefficient (Wildman–Crippen LogP) is 4.06. The van der Waals surface area contributed by atoms with Crippen molar-refractivity contribution in [2.75, 3.05) is 6.54 Å². The number of nitrogens with zero attached hydrogens (tertiary/aromatic N) is 1. The number of hydrogen-bond donors (Lipinski definition) is 1. The maximum Gasteiger partial charge on any atom is 0.227 e. The Morgan fingerprint density at radius 1 is 1.13 bits per heavy atom. The molecule has 4 rings (SSSR count). The average Bonchev–Trinajstić information content (AvgIpc) is 2.94. The number of amides is 1. The lowest BCUT2D eigenvalue weighted by Crippen LogP contribution is -2.36. The Morgan fingerprint density at radius 2 is 1.91 bits per heavy atom. The van der Waals surface area contributed by atoms with Crippen molar-refractivity contribution in [1.82, 2.24) is 9.88 Å². The summed E-state index contributed by atoms with van der Waals surface area (Å²) >= 11 is 3.52. The van der Waals surface area contributed by atoms with Crippen LogP contribution in [0.3, 0.4) is 0 Å². The van der Waals surface area contributed by atoms with Gasteiger partial charge in [0.05, 0.1) is 13.0 Å². The number of fused-ring (bicyclic) bond motifs is 3. The van der Waals surface area contributed by atoms with E-state index in [1.54, 1.807) is 0 Å². The largest absolute Gasteiger partial charge is 0.357 e. The summed E-state index contributed by atoms with van der Waals surface area (Å²) in [4.78, 5) is 18.1. The number of carbonyl (C=O) groups is 1. The van der Waals surface area contributed by atoms with E-state index in [9.17, 15) is 4.79 Å². The second kappa shape index (κ2) is 5.85. The highest BCUT2D eigenvalue weighted by molar-refractivity contribution is 9.10. The third-order valence-corrected chi connectivity index (χ3v) is 5.31. The number of benzene rings is 2. The van der Waals surface area contributed by atoms with Crippen LogP contribution in [0, 0.1) is 0 Å². The van der Waals surface area contributed by atoms with Gasteiger partial charge in [0.2, 0.25) is 5.91 Å². The van der Waals surface area contributed by atoms with Crippen LogP contribution >= 0.6 is 15.9 Å². The molecule has 3 nitrogen and oxygen atoms in total. The molecule has 1 aliphatic heterocycles. The first kappa shape index (κ1) is 14.5. The molecule has 1 amide bonds. The number of rotatable bonds is 2. The van der Waals surface area contributed by atoms with Crippen molar-refractivity contribution in [3.8, 4) is 0 Å². The molecular weight excluding hydrogens is 352 g/mol. The van der Waals surface area contributed by atoms with Crippen molar-refractivity contribution in [2.24, 2.45) is 0 Å². The molecule has 0 saturated carbocycles. The van der Waals surface area contributed by atoms with Crippen molar-refractivity contribution >= 4 is 32.7 Å². The van der Waals surface area contributed by atoms with Gasteiger partial charge in [0.25, 0.3) is 0 Å². The summed E-state index contributed by atoms with van der Waals surface area (Å²) in [5.41, 5.74) is 4.75. The quantitative estimate of drug-likeness (QED) is 0.727. The average molecular weight is 369 g/mol. The molecule has 0 bridgehead atoms. The third kappa shape index (κ3) is 2.68. The number of aromatic amines is 1. The van der Waals surface area contributed by atoms with E-state index in [2.05, 4.69) is 39.1 Å². The maximum atomic E-state index is 12.6. The van der Waals surface area contributed by atoms with Gasteiger partial charge in [-0.3, -0.25) is 4.79 Å². The lowest BCUT2D eigenvalue weighted by atomic mass is 10.0. The van der Waals surface area contributed by atoms with Crippen LogP contribution in [0.25, 0.3) is 10.9 Å². The predicted molar refractivity (Wildman–Crippen MR) is 95.3 cm³/mol. The highest BCUT2D eigenvalue weighted by Crippen LogP contribution is 2.28. The molecule has 0 atom stereocenters. The van der Waals surface area contributed by atoms with E-state index in [1.807, 2.05) is 35.2 Å². The maximum absolute atomic E-state index is 12.6. The fourth-order valence-corrected chi connectivity index (χ4v) is 3.75. The molecule has 0 unspecified atom stereocenters. The summed E-state index contributed by atoms with van der Waals surface area (Å²) in [6, 6.07) is 16.3. The van der Waals surface area contributed by atoms with Crippen LogP contribution in [-0.4, -0.2) is 22.3 Å². The first-order valence-electron chi connectivity index (χ1n) is 7.82. The van der Waals surface area contributed by atoms with Crippen LogP contribution in [0.4, 0.5) is 0 Å². The van der Waals surface area contributed by atoms with Gasteiger partial charge in [-0.25, -0.2) is 0 Å². The molecule has 0 spiro atoms. The van der Waals surface area contributed by atoms with Crippen LogP contribution in [0.2, 0.25) is 0 Å². The second-order valence-electron chi connectivity index (χ2n) is 5.96. The molecule has 23 heavy (non-hydrogen) atoms. The molecule has 1 N–H and O–H groups in total. The fraction of sp³-hybridized carbons (Fsp3) is 0.211. The minimum atomic E-state index is 0.182. The Kier molecular flexibility index (Phi) is 3.69. The zero-order valence-electron chi connectivity index (χ0n) is 12.7. The molecule has 116 valence electrons. The number of halogens is 1. The molecular formula is C19H17BrN2O. The molecule has 2 aromatic carbocycles. The summed E-state index contributed by atoms with van der Waals surface area (Å²) in [6.07, 6.45) is 1.36. The van der Waals surface area contributed by atoms with Gasteiger partial charge in [0.1, 0.15) is 0 Å². The van der Waals surface area contributed by atoms with E-state index in [0.717, 1.165) is 28.5 Å². The van der Waals surface area contributed by atoms with E-state index in [4.69, 9.17) is 0 Å². The topological polar surface area (TPSA) is 36.1 Å². The smallest absolute Gasteiger partial charge is 0.227 e. The van der Waals surface area contributed by atoms with Crippen molar-refractivity contribution < 1.29 is 4.79 Å². The Balaban J connectivity index is 1.56. The van der Waals surface area contributed by atoms with Crippen LogP contribution < -0.4 is 0 Å². The summed E-state index contributed by atoms with van der Waals surface area (Å²) in [6.45, 7) is 1.46. The summed E-state index contributed by atoms with van der Waals surface area (Å²) < 4.78 is 0.997. The molecule has 0 fully saturated rings. The van der Waals surface area contributed by atoms with Gasteiger partial charge in [0, 0.05) is 27.6 Å². The number of carbonyl (C=O) groups excluding carboxylic acids is 1. The monoisotopic (exact) mass is 368 g/mol. The zero-order valence-corrected chi connectivity index (χ0v) is 14.3. The highest BCUT2D eigenvalue weighted by Gasteiger charge is 2.24. The lowest BCUT2D eigenvalue weighted by Gasteiger charge is -2.27. The van der Waals surface area contributed by atoms with Crippen LogP contribution in [-0.2, 0) is 24.2 Å². The molecule has 3 aromatic rings. The molecule has 0 saturated heterocycles. The van der Waals surface area contributed by atoms with Gasteiger partial charge in [-0.2, -0.15) is 0 Å². The van der Waals surface area contributed by atoms with Gasteiger partial charge in [-0.1, -0.05) is 52.3 Å². The van der Waals surface area contributed by atoms with Crippen LogP contribution in [0.1, 0.15) is 16.8 Å². The summed E-state index contributed by atoms with van der Waals surface area (Å²) in [7, 11) is 0. The van der Waals surface area contributed by atoms with Gasteiger partial charge < -0.3 is 9.88 Å². The van der Waals surface area contributed by atoms with Crippen molar-refractivity contribution in [2.45, 2.75) is 19.4 Å². The van der Waals surface area contributed by atoms with E-state index >= 15 is 0 Å². The van der Waals surface area contributed by atoms with Gasteiger partial charge in [0.15, 0.2) is 0 Å². The number of nitrogens with one attached hydrogen (secondary N) is 1. The minimum absolute atomic E-state index is 0.182. The van der Waals surface area contributed by atoms with E-state index < -0.39 is 0 Å². The first-order valence-corrected chi connectivity index (χ1v) is 8.61. The van der Waals surface area contributed by atoms with Crippen molar-refractivity contribution in [1.29, 1.82) is 0 Å². The minimum Gasteiger partial charge on any atom is -0.357 e. The number of H-pyrrole nitrogens is 1. The standard InChI is InChI=1S/C19H17BrN2O/c20-16-7-3-1-5-13(16)11-19(23)22-10-9-15-14-6-2-4-8-17(14)21-18(15)12-22/h1-8,21H,9-12H2. The zero-order chi connectivity index (χ0) is 15.8. The lowest BCUT2D eigenvalue weighted by molar-refractivity contribution is -0.131. The van der Waals surface area contributed by atoms with Crippen molar-refractivity contribution in [3.63, 3.8) is 0 Å². The fourth-order valence-electron chi connectivity index (χ4n) is 3.32. The first-order chi connectivity index (χ1) is 11.2. The Labute approximate surface area is 143 Å². The molecule has 1 aromatic heterocycles. The molecule has 2 heterocycles. The molecule has 4 heteroatoms. The molecule has 1 aliphatic rings. The Hall–Kier alpha value is -2.07. The second-order valence-corrected chi connectivity index (χ2v) is 6.82. The van der Waals surface area contributed by atoms with Crippen molar-refractivity contribution in [3.05, 3.63) is 69.8 Å². The summed E-state index contributed by atoms with van der Waals surface area (Å²) in [5.74, 6) is 0.182. The van der Waals surface area contributed by atoms with Crippen LogP contribution in [0.5, 0.6) is 0 Å². The third-order valence-electron chi connectivity index (χ3n) is 4.53. The van der Waals surface area contributed by atoms with Gasteiger partial charge in [-0.05, 0) is 29.7 Å². The van der Waals surface area contributed by atoms with E-state index in [1.165, 1.54) is 16.6 Å². The Bertz CT molecular complexity index is 884. The summed E-state index contributed by atoms with van der Waals surface area (Å²) in [5, 5.41) is 1.29. The van der Waals surface area contributed by atoms with Gasteiger partial charge >= 0.3 is 0 Å². The number of hydrogen-bond acceptors (Lipinski definition) is 1. The Morgan fingerprint density at radius 3 is 2.78 bits per heavy atom. The normalized spacial score (nSPS) is 14.0. The SMILES string of the molecule is O=C(Cc1ccccc1Br)N1CCc2c([nH]c3ccccc23)C1. The highest BCUT2D eigenvalue weighted by atomic mass is 79.9. The van der Waals surface area contributed by atoms with Gasteiger partial charge in [-0.15, -0.1) is 0 Å². The molecule has 0 radical (unpaired) electrons. The van der Waals surface area contributed by atoms with E-state index in [0.29, 0.717) is 13.0 Å².